The molecule has 1 heterocycles. The fourth-order valence-electron chi connectivity index (χ4n) is 3.97. The first kappa shape index (κ1) is 30.3. The number of esters is 3. The summed E-state index contributed by atoms with van der Waals surface area (Å²) in [4.78, 5) is 39.4. The zero-order valence-electron chi connectivity index (χ0n) is 21.4. The molecule has 41 heavy (non-hydrogen) atoms. The second-order valence-corrected chi connectivity index (χ2v) is 11.1. The first-order chi connectivity index (χ1) is 19.5. The number of benzene rings is 3. The molecule has 1 saturated heterocycles. The molecule has 1 aliphatic rings. The van der Waals surface area contributed by atoms with E-state index in [4.69, 9.17) is 63.9 Å². The van der Waals surface area contributed by atoms with Gasteiger partial charge in [-0.2, -0.15) is 0 Å². The largest absolute Gasteiger partial charge is 0.468 e. The van der Waals surface area contributed by atoms with E-state index in [9.17, 15) is 14.4 Å². The Labute approximate surface area is 250 Å². The monoisotopic (exact) mass is 619 g/mol. The molecule has 0 saturated carbocycles. The van der Waals surface area contributed by atoms with Gasteiger partial charge in [-0.3, -0.25) is 5.41 Å². The maximum Gasteiger partial charge on any atom is 0.340 e. The van der Waals surface area contributed by atoms with Crippen LogP contribution in [0.1, 0.15) is 38.0 Å². The summed E-state index contributed by atoms with van der Waals surface area (Å²) in [6.07, 6.45) is -6.95. The van der Waals surface area contributed by atoms with Crippen LogP contribution in [0.5, 0.6) is 0 Å². The lowest BCUT2D eigenvalue weighted by molar-refractivity contribution is -0.272. The van der Waals surface area contributed by atoms with Crippen LogP contribution in [0.25, 0.3) is 0 Å². The lowest BCUT2D eigenvalue weighted by Crippen LogP contribution is -2.62. The van der Waals surface area contributed by atoms with Crippen molar-refractivity contribution < 1.29 is 38.1 Å². The maximum absolute atomic E-state index is 13.2. The van der Waals surface area contributed by atoms with Crippen molar-refractivity contribution in [1.82, 2.24) is 0 Å². The number of alkyl halides is 3. The van der Waals surface area contributed by atoms with Crippen molar-refractivity contribution in [3.05, 3.63) is 108 Å². The number of hydrogen-bond donors (Lipinski definition) is 1. The highest BCUT2D eigenvalue weighted by atomic mass is 35.6. The van der Waals surface area contributed by atoms with E-state index >= 15 is 0 Å². The first-order valence-electron chi connectivity index (χ1n) is 12.3. The fraction of sp³-hybridized carbons (Fsp3) is 0.241. The van der Waals surface area contributed by atoms with Gasteiger partial charge in [0.15, 0.2) is 12.2 Å². The number of carbonyl (C=O) groups excluding carboxylic acids is 3. The van der Waals surface area contributed by atoms with Gasteiger partial charge in [-0.25, -0.2) is 14.4 Å². The molecule has 1 N–H and O–H groups in total. The summed E-state index contributed by atoms with van der Waals surface area (Å²) in [5, 5.41) is 8.11. The molecule has 5 atom stereocenters. The number of carbonyl (C=O) groups is 3. The molecular weight excluding hydrogens is 597 g/mol. The van der Waals surface area contributed by atoms with E-state index in [-0.39, 0.29) is 16.7 Å². The van der Waals surface area contributed by atoms with Gasteiger partial charge in [0.2, 0.25) is 18.3 Å². The number of halogens is 3. The van der Waals surface area contributed by atoms with E-state index in [1.165, 1.54) is 43.3 Å². The summed E-state index contributed by atoms with van der Waals surface area (Å²) in [5.74, 6) is -3.22. The molecule has 0 bridgehead atoms. The van der Waals surface area contributed by atoms with Gasteiger partial charge in [0, 0.05) is 0 Å². The van der Waals surface area contributed by atoms with Gasteiger partial charge in [-0.1, -0.05) is 89.4 Å². The second-order valence-electron chi connectivity index (χ2n) is 8.86. The van der Waals surface area contributed by atoms with E-state index in [0.29, 0.717) is 0 Å². The molecule has 0 aromatic heterocycles. The molecule has 9 nitrogen and oxygen atoms in total. The van der Waals surface area contributed by atoms with Crippen LogP contribution in [0.4, 0.5) is 0 Å². The molecule has 0 aliphatic carbocycles. The minimum atomic E-state index is -2.26. The van der Waals surface area contributed by atoms with Crippen LogP contribution in [0.2, 0.25) is 0 Å². The van der Waals surface area contributed by atoms with Crippen LogP contribution in [-0.2, 0) is 23.7 Å². The van der Waals surface area contributed by atoms with Crippen molar-refractivity contribution in [2.45, 2.75) is 41.4 Å². The molecule has 214 valence electrons. The quantitative estimate of drug-likeness (QED) is 0.116. The average Bonchev–Trinajstić information content (AvgIpc) is 2.97. The Kier molecular flexibility index (Phi) is 9.88. The fourth-order valence-corrected chi connectivity index (χ4v) is 4.11. The Balaban J connectivity index is 1.73. The summed E-state index contributed by atoms with van der Waals surface area (Å²) in [5.41, 5.74) is 0.540. The Bertz CT molecular complexity index is 1370. The number of nitrogens with one attached hydrogen (secondary N) is 1. The first-order valence-corrected chi connectivity index (χ1v) is 13.4. The van der Waals surface area contributed by atoms with Crippen LogP contribution in [-0.4, -0.2) is 58.3 Å². The average molecular weight is 621 g/mol. The predicted molar refractivity (Wildman–Crippen MR) is 150 cm³/mol. The Morgan fingerprint density at radius 3 is 1.44 bits per heavy atom. The van der Waals surface area contributed by atoms with Crippen molar-refractivity contribution in [2.75, 3.05) is 0 Å². The highest BCUT2D eigenvalue weighted by Gasteiger charge is 2.53. The van der Waals surface area contributed by atoms with Gasteiger partial charge in [0.1, 0.15) is 0 Å². The van der Waals surface area contributed by atoms with Gasteiger partial charge in [-0.05, 0) is 43.3 Å². The van der Waals surface area contributed by atoms with E-state index in [2.05, 4.69) is 0 Å². The van der Waals surface area contributed by atoms with Crippen LogP contribution in [0, 0.1) is 5.41 Å². The molecule has 0 unspecified atom stereocenters. The third kappa shape index (κ3) is 7.77. The highest BCUT2D eigenvalue weighted by Crippen LogP contribution is 2.34. The van der Waals surface area contributed by atoms with Crippen LogP contribution in [0.3, 0.4) is 0 Å². The summed E-state index contributed by atoms with van der Waals surface area (Å²) in [7, 11) is 0. The molecule has 1 fully saturated rings. The van der Waals surface area contributed by atoms with Crippen molar-refractivity contribution in [3.63, 3.8) is 0 Å². The van der Waals surface area contributed by atoms with Crippen molar-refractivity contribution in [3.8, 4) is 0 Å². The summed E-state index contributed by atoms with van der Waals surface area (Å²) < 4.78 is 26.4. The predicted octanol–water partition coefficient (Wildman–Crippen LogP) is 5.77. The molecule has 3 aromatic rings. The third-order valence-corrected chi connectivity index (χ3v) is 6.49. The molecule has 0 spiro atoms. The van der Waals surface area contributed by atoms with Crippen molar-refractivity contribution in [2.24, 2.45) is 0 Å². The molecule has 12 heteroatoms. The van der Waals surface area contributed by atoms with Gasteiger partial charge in [0.05, 0.1) is 22.8 Å². The summed E-state index contributed by atoms with van der Waals surface area (Å²) in [6.45, 7) is 1.51. The van der Waals surface area contributed by atoms with Crippen LogP contribution < -0.4 is 0 Å². The van der Waals surface area contributed by atoms with E-state index in [1.807, 2.05) is 0 Å². The summed E-state index contributed by atoms with van der Waals surface area (Å²) in [6, 6.07) is 24.1. The van der Waals surface area contributed by atoms with Gasteiger partial charge in [-0.15, -0.1) is 0 Å². The molecule has 0 amide bonds. The minimum absolute atomic E-state index is 0.166. The molecule has 1 aliphatic heterocycles. The van der Waals surface area contributed by atoms with Gasteiger partial charge < -0.3 is 23.7 Å². The molecule has 3 aromatic carbocycles. The zero-order valence-corrected chi connectivity index (χ0v) is 23.7. The van der Waals surface area contributed by atoms with Crippen LogP contribution in [0.15, 0.2) is 91.0 Å². The Hall–Kier alpha value is -3.63. The smallest absolute Gasteiger partial charge is 0.340 e. The van der Waals surface area contributed by atoms with Crippen molar-refractivity contribution in [1.29, 1.82) is 5.41 Å². The molecule has 4 rings (SSSR count). The Morgan fingerprint density at radius 2 is 1.02 bits per heavy atom. The molecular formula is C29H24Cl3NO8. The SMILES string of the molecule is C[C@@H]1O[C@@H](OC(=O)c2ccccc2)[C@@H](OC(=O)c2ccccc2)[C@H](OC(=O)c2ccccc2)[C@@H]1OC(=N)C(Cl)(Cl)Cl. The standard InChI is InChI=1S/C29H24Cl3NO8/c1-17-21(40-28(33)29(30,31)32)22(38-24(34)18-11-5-2-6-12-18)23(39-25(35)19-13-7-3-8-14-19)27(37-17)41-26(36)20-15-9-4-10-16-20/h2-17,21-23,27,33H,1H3/t17-,21+,22+,23-,27-/m0/s1. The zero-order chi connectivity index (χ0) is 29.6. The Morgan fingerprint density at radius 1 is 0.634 bits per heavy atom. The number of ether oxygens (including phenoxy) is 5. The van der Waals surface area contributed by atoms with Crippen molar-refractivity contribution >= 4 is 58.6 Å². The maximum atomic E-state index is 13.2. The van der Waals surface area contributed by atoms with E-state index < -0.39 is 58.3 Å². The number of hydrogen-bond acceptors (Lipinski definition) is 9. The third-order valence-electron chi connectivity index (χ3n) is 5.98. The van der Waals surface area contributed by atoms with Gasteiger partial charge in [0.25, 0.3) is 3.79 Å². The second kappa shape index (κ2) is 13.4. The highest BCUT2D eigenvalue weighted by molar-refractivity contribution is 6.76. The summed E-state index contributed by atoms with van der Waals surface area (Å²) >= 11 is 17.5. The lowest BCUT2D eigenvalue weighted by atomic mass is 9.98. The van der Waals surface area contributed by atoms with E-state index in [1.54, 1.807) is 54.6 Å². The van der Waals surface area contributed by atoms with Gasteiger partial charge >= 0.3 is 17.9 Å². The normalized spacial score (nSPS) is 22.2. The lowest BCUT2D eigenvalue weighted by Gasteiger charge is -2.43. The number of rotatable bonds is 7. The van der Waals surface area contributed by atoms with E-state index in [0.717, 1.165) is 0 Å². The minimum Gasteiger partial charge on any atom is -0.468 e. The topological polar surface area (TPSA) is 121 Å². The van der Waals surface area contributed by atoms with Crippen LogP contribution >= 0.6 is 34.8 Å². The molecule has 0 radical (unpaired) electrons.